The Morgan fingerprint density at radius 1 is 0.846 bits per heavy atom. The predicted molar refractivity (Wildman–Crippen MR) is 111 cm³/mol. The van der Waals surface area contributed by atoms with Crippen LogP contribution >= 0.6 is 22.6 Å². The number of benzene rings is 2. The summed E-state index contributed by atoms with van der Waals surface area (Å²) in [5, 5.41) is 0. The molecular weight excluding hydrogens is 439 g/mol. The van der Waals surface area contributed by atoms with Crippen molar-refractivity contribution in [3.05, 3.63) is 68.8 Å². The van der Waals surface area contributed by atoms with Crippen LogP contribution in [0.5, 0.6) is 0 Å². The molecule has 1 aliphatic heterocycles. The zero-order valence-electron chi connectivity index (χ0n) is 15.1. The monoisotopic (exact) mass is 462 g/mol. The first-order chi connectivity index (χ1) is 12.5. The molecular formula is C21H23IN2O2. The molecule has 0 spiro atoms. The summed E-state index contributed by atoms with van der Waals surface area (Å²) in [4.78, 5) is 29.1. The summed E-state index contributed by atoms with van der Waals surface area (Å²) in [5.74, 6) is 0.541. The SMILES string of the molecule is CC(C)c1ccc(C(=O)N2CCN(C(=O)c3ccccc3I)CC2)cc1. The minimum Gasteiger partial charge on any atom is -0.335 e. The lowest BCUT2D eigenvalue weighted by Gasteiger charge is -2.35. The van der Waals surface area contributed by atoms with Crippen molar-refractivity contribution in [1.29, 1.82) is 0 Å². The van der Waals surface area contributed by atoms with Crippen molar-refractivity contribution in [2.45, 2.75) is 19.8 Å². The summed E-state index contributed by atoms with van der Waals surface area (Å²) in [7, 11) is 0. The van der Waals surface area contributed by atoms with Gasteiger partial charge in [0, 0.05) is 35.3 Å². The van der Waals surface area contributed by atoms with Gasteiger partial charge in [0.1, 0.15) is 0 Å². The third-order valence-electron chi connectivity index (χ3n) is 4.78. The summed E-state index contributed by atoms with van der Waals surface area (Å²) >= 11 is 2.19. The summed E-state index contributed by atoms with van der Waals surface area (Å²) in [6.45, 7) is 6.56. The van der Waals surface area contributed by atoms with E-state index in [0.717, 1.165) is 9.13 Å². The molecule has 0 aliphatic carbocycles. The Labute approximate surface area is 168 Å². The Kier molecular flexibility index (Phi) is 5.96. The number of hydrogen-bond acceptors (Lipinski definition) is 2. The molecule has 0 N–H and O–H groups in total. The van der Waals surface area contributed by atoms with Crippen molar-refractivity contribution in [1.82, 2.24) is 9.80 Å². The molecule has 1 aliphatic rings. The van der Waals surface area contributed by atoms with E-state index < -0.39 is 0 Å². The summed E-state index contributed by atoms with van der Waals surface area (Å²) in [6, 6.07) is 15.5. The van der Waals surface area contributed by atoms with Crippen molar-refractivity contribution in [3.63, 3.8) is 0 Å². The van der Waals surface area contributed by atoms with E-state index in [1.165, 1.54) is 5.56 Å². The van der Waals surface area contributed by atoms with Crippen LogP contribution in [0.3, 0.4) is 0 Å². The quantitative estimate of drug-likeness (QED) is 0.647. The van der Waals surface area contributed by atoms with Crippen molar-refractivity contribution in [2.24, 2.45) is 0 Å². The van der Waals surface area contributed by atoms with E-state index in [-0.39, 0.29) is 11.8 Å². The highest BCUT2D eigenvalue weighted by Crippen LogP contribution is 2.18. The normalized spacial score (nSPS) is 14.6. The zero-order chi connectivity index (χ0) is 18.7. The van der Waals surface area contributed by atoms with Crippen LogP contribution in [-0.4, -0.2) is 47.8 Å². The second-order valence-corrected chi connectivity index (χ2v) is 8.00. The zero-order valence-corrected chi connectivity index (χ0v) is 17.3. The molecule has 2 aromatic rings. The van der Waals surface area contributed by atoms with E-state index in [2.05, 4.69) is 36.4 Å². The number of carbonyl (C=O) groups excluding carboxylic acids is 2. The maximum atomic E-state index is 12.7. The lowest BCUT2D eigenvalue weighted by Crippen LogP contribution is -2.50. The van der Waals surface area contributed by atoms with Gasteiger partial charge >= 0.3 is 0 Å². The number of rotatable bonds is 3. The summed E-state index contributed by atoms with van der Waals surface area (Å²) in [5.41, 5.74) is 2.68. The Bertz CT molecular complexity index is 794. The molecule has 1 heterocycles. The average Bonchev–Trinajstić information content (AvgIpc) is 2.67. The molecule has 136 valence electrons. The smallest absolute Gasteiger partial charge is 0.255 e. The fourth-order valence-electron chi connectivity index (χ4n) is 3.11. The van der Waals surface area contributed by atoms with Crippen molar-refractivity contribution >= 4 is 34.4 Å². The molecule has 1 saturated heterocycles. The van der Waals surface area contributed by atoms with Crippen LogP contribution in [0.1, 0.15) is 46.0 Å². The largest absolute Gasteiger partial charge is 0.335 e. The van der Waals surface area contributed by atoms with Crippen LogP contribution < -0.4 is 0 Å². The van der Waals surface area contributed by atoms with Crippen LogP contribution in [0.25, 0.3) is 0 Å². The number of amides is 2. The van der Waals surface area contributed by atoms with Crippen molar-refractivity contribution < 1.29 is 9.59 Å². The highest BCUT2D eigenvalue weighted by atomic mass is 127. The molecule has 0 saturated carbocycles. The van der Waals surface area contributed by atoms with Crippen molar-refractivity contribution in [2.75, 3.05) is 26.2 Å². The van der Waals surface area contributed by atoms with Crippen molar-refractivity contribution in [3.8, 4) is 0 Å². The molecule has 3 rings (SSSR count). The standard InChI is InChI=1S/C21H23IN2O2/c1-15(2)16-7-9-17(10-8-16)20(25)23-11-13-24(14-12-23)21(26)18-5-3-4-6-19(18)22/h3-10,15H,11-14H2,1-2H3. The molecule has 0 radical (unpaired) electrons. The topological polar surface area (TPSA) is 40.6 Å². The van der Waals surface area contributed by atoms with E-state index in [9.17, 15) is 9.59 Å². The number of piperazine rings is 1. The molecule has 0 unspecified atom stereocenters. The van der Waals surface area contributed by atoms with Crippen LogP contribution in [0.4, 0.5) is 0 Å². The molecule has 1 fully saturated rings. The maximum Gasteiger partial charge on any atom is 0.255 e. The molecule has 2 aromatic carbocycles. The third-order valence-corrected chi connectivity index (χ3v) is 5.72. The molecule has 5 heteroatoms. The van der Waals surface area contributed by atoms with E-state index >= 15 is 0 Å². The van der Waals surface area contributed by atoms with Crippen LogP contribution in [0.2, 0.25) is 0 Å². The lowest BCUT2D eigenvalue weighted by molar-refractivity contribution is 0.0535. The first kappa shape index (κ1) is 18.9. The Morgan fingerprint density at radius 3 is 1.92 bits per heavy atom. The van der Waals surface area contributed by atoms with Gasteiger partial charge in [0.15, 0.2) is 0 Å². The molecule has 0 atom stereocenters. The van der Waals surface area contributed by atoms with E-state index in [1.54, 1.807) is 0 Å². The second kappa shape index (κ2) is 8.20. The first-order valence-electron chi connectivity index (χ1n) is 8.90. The minimum absolute atomic E-state index is 0.0432. The number of nitrogens with zero attached hydrogens (tertiary/aromatic N) is 2. The van der Waals surface area contributed by atoms with Gasteiger partial charge < -0.3 is 9.80 Å². The van der Waals surface area contributed by atoms with Gasteiger partial charge in [0.2, 0.25) is 0 Å². The second-order valence-electron chi connectivity index (χ2n) is 6.84. The first-order valence-corrected chi connectivity index (χ1v) is 9.98. The number of carbonyl (C=O) groups is 2. The van der Waals surface area contributed by atoms with Gasteiger partial charge in [-0.25, -0.2) is 0 Å². The van der Waals surface area contributed by atoms with E-state index in [4.69, 9.17) is 0 Å². The van der Waals surface area contributed by atoms with Gasteiger partial charge in [-0.05, 0) is 58.3 Å². The Balaban J connectivity index is 1.62. The van der Waals surface area contributed by atoms with Gasteiger partial charge in [-0.2, -0.15) is 0 Å². The van der Waals surface area contributed by atoms with Crippen LogP contribution in [0.15, 0.2) is 48.5 Å². The van der Waals surface area contributed by atoms with Gasteiger partial charge in [0.05, 0.1) is 5.56 Å². The maximum absolute atomic E-state index is 12.7. The Morgan fingerprint density at radius 2 is 1.38 bits per heavy atom. The minimum atomic E-state index is 0.0432. The average molecular weight is 462 g/mol. The van der Waals surface area contributed by atoms with Gasteiger partial charge in [-0.15, -0.1) is 0 Å². The molecule has 26 heavy (non-hydrogen) atoms. The van der Waals surface area contributed by atoms with Gasteiger partial charge in [-0.3, -0.25) is 9.59 Å². The molecule has 0 aromatic heterocycles. The third kappa shape index (κ3) is 4.09. The lowest BCUT2D eigenvalue weighted by atomic mass is 10.0. The highest BCUT2D eigenvalue weighted by Gasteiger charge is 2.26. The summed E-state index contributed by atoms with van der Waals surface area (Å²) < 4.78 is 0.957. The predicted octanol–water partition coefficient (Wildman–Crippen LogP) is 4.01. The van der Waals surface area contributed by atoms with Gasteiger partial charge in [0.25, 0.3) is 11.8 Å². The van der Waals surface area contributed by atoms with Crippen LogP contribution in [0, 0.1) is 3.57 Å². The number of halogens is 1. The highest BCUT2D eigenvalue weighted by molar-refractivity contribution is 14.1. The Hall–Kier alpha value is -1.89. The number of hydrogen-bond donors (Lipinski definition) is 0. The fourth-order valence-corrected chi connectivity index (χ4v) is 3.73. The molecule has 0 bridgehead atoms. The molecule has 2 amide bonds. The van der Waals surface area contributed by atoms with Gasteiger partial charge in [-0.1, -0.05) is 38.1 Å². The van der Waals surface area contributed by atoms with E-state index in [0.29, 0.717) is 37.7 Å². The van der Waals surface area contributed by atoms with E-state index in [1.807, 2.05) is 58.3 Å². The van der Waals surface area contributed by atoms with Crippen LogP contribution in [-0.2, 0) is 0 Å². The molecule has 4 nitrogen and oxygen atoms in total. The summed E-state index contributed by atoms with van der Waals surface area (Å²) in [6.07, 6.45) is 0. The fraction of sp³-hybridized carbons (Fsp3) is 0.333.